The Morgan fingerprint density at radius 2 is 2.19 bits per heavy atom. The molecule has 2 aromatic rings. The van der Waals surface area contributed by atoms with Gasteiger partial charge < -0.3 is 5.73 Å². The molecule has 0 spiro atoms. The van der Waals surface area contributed by atoms with Crippen molar-refractivity contribution in [2.24, 2.45) is 5.73 Å². The number of hydrogen-bond donors (Lipinski definition) is 2. The molecule has 5 nitrogen and oxygen atoms in total. The van der Waals surface area contributed by atoms with Crippen LogP contribution in [0.15, 0.2) is 40.7 Å². The number of sulfonamides is 1. The van der Waals surface area contributed by atoms with Gasteiger partial charge in [-0.15, -0.1) is 11.3 Å². The van der Waals surface area contributed by atoms with Crippen LogP contribution in [-0.2, 0) is 10.0 Å². The van der Waals surface area contributed by atoms with E-state index >= 15 is 0 Å². The molecule has 0 aliphatic rings. The molecule has 21 heavy (non-hydrogen) atoms. The number of hydrogen-bond acceptors (Lipinski definition) is 5. The second-order valence-electron chi connectivity index (χ2n) is 4.80. The molecule has 0 saturated carbocycles. The molecule has 3 N–H and O–H groups in total. The molecule has 2 unspecified atom stereocenters. The molecule has 2 atom stereocenters. The largest absolute Gasteiger partial charge is 0.324 e. The average Bonchev–Trinajstić information content (AvgIpc) is 3.00. The number of thiazole rings is 1. The lowest BCUT2D eigenvalue weighted by atomic mass is 10.1. The van der Waals surface area contributed by atoms with Gasteiger partial charge in [-0.2, -0.15) is 0 Å². The van der Waals surface area contributed by atoms with E-state index in [0.29, 0.717) is 0 Å². The zero-order valence-corrected chi connectivity index (χ0v) is 13.6. The molecular weight excluding hydrogens is 306 g/mol. The first kappa shape index (κ1) is 16.1. The predicted molar refractivity (Wildman–Crippen MR) is 84.5 cm³/mol. The van der Waals surface area contributed by atoms with E-state index in [9.17, 15) is 8.42 Å². The topological polar surface area (TPSA) is 85.1 Å². The highest BCUT2D eigenvalue weighted by Gasteiger charge is 2.20. The number of rotatable bonds is 6. The number of nitrogens with zero attached hydrogens (tertiary/aromatic N) is 1. The molecule has 0 saturated heterocycles. The van der Waals surface area contributed by atoms with Gasteiger partial charge in [-0.1, -0.05) is 19.1 Å². The van der Waals surface area contributed by atoms with Crippen LogP contribution < -0.4 is 10.5 Å². The maximum absolute atomic E-state index is 12.4. The molecule has 7 heteroatoms. The molecule has 1 aromatic heterocycles. The van der Waals surface area contributed by atoms with Crippen molar-refractivity contribution >= 4 is 21.4 Å². The lowest BCUT2D eigenvalue weighted by molar-refractivity contribution is 0.566. The number of nitrogens with one attached hydrogen (secondary N) is 1. The first-order valence-electron chi connectivity index (χ1n) is 6.71. The van der Waals surface area contributed by atoms with Gasteiger partial charge in [-0.05, 0) is 31.0 Å². The molecule has 0 aliphatic carbocycles. The summed E-state index contributed by atoms with van der Waals surface area (Å²) in [5.41, 5.74) is 6.78. The van der Waals surface area contributed by atoms with Crippen molar-refractivity contribution in [2.75, 3.05) is 0 Å². The first-order valence-corrected chi connectivity index (χ1v) is 9.07. The van der Waals surface area contributed by atoms with Gasteiger partial charge in [0.05, 0.1) is 10.9 Å². The average molecular weight is 325 g/mol. The quantitative estimate of drug-likeness (QED) is 0.855. The van der Waals surface area contributed by atoms with Crippen LogP contribution >= 0.6 is 11.3 Å². The standard InChI is InChI=1S/C14H19N3O2S2/c1-3-13(15)11-5-4-6-12(9-11)21(18,19)17-10(2)14-16-7-8-20-14/h4-10,13,17H,3,15H2,1-2H3. The zero-order valence-electron chi connectivity index (χ0n) is 12.0. The van der Waals surface area contributed by atoms with Crippen LogP contribution in [0.2, 0.25) is 0 Å². The predicted octanol–water partition coefficient (Wildman–Crippen LogP) is 2.59. The second-order valence-corrected chi connectivity index (χ2v) is 7.44. The minimum atomic E-state index is -3.59. The van der Waals surface area contributed by atoms with Crippen LogP contribution in [0, 0.1) is 0 Å². The molecule has 114 valence electrons. The van der Waals surface area contributed by atoms with Gasteiger partial charge in [0.2, 0.25) is 10.0 Å². The van der Waals surface area contributed by atoms with Crippen LogP contribution in [0.25, 0.3) is 0 Å². The zero-order chi connectivity index (χ0) is 15.5. The first-order chi connectivity index (χ1) is 9.94. The fourth-order valence-corrected chi connectivity index (χ4v) is 3.93. The number of benzene rings is 1. The third-order valence-electron chi connectivity index (χ3n) is 3.19. The van der Waals surface area contributed by atoms with Crippen molar-refractivity contribution < 1.29 is 8.42 Å². The third kappa shape index (κ3) is 3.88. The molecule has 0 aliphatic heterocycles. The number of nitrogens with two attached hydrogens (primary N) is 1. The Bertz CT molecular complexity index is 684. The molecule has 2 rings (SSSR count). The highest BCUT2D eigenvalue weighted by Crippen LogP contribution is 2.21. The summed E-state index contributed by atoms with van der Waals surface area (Å²) in [4.78, 5) is 4.35. The van der Waals surface area contributed by atoms with E-state index in [2.05, 4.69) is 9.71 Å². The lowest BCUT2D eigenvalue weighted by Gasteiger charge is -2.14. The summed E-state index contributed by atoms with van der Waals surface area (Å²) in [5, 5.41) is 2.56. The van der Waals surface area contributed by atoms with E-state index in [1.807, 2.05) is 18.4 Å². The summed E-state index contributed by atoms with van der Waals surface area (Å²) in [7, 11) is -3.59. The fourth-order valence-electron chi connectivity index (χ4n) is 1.95. The van der Waals surface area contributed by atoms with E-state index in [-0.39, 0.29) is 17.0 Å². The molecule has 0 amide bonds. The summed E-state index contributed by atoms with van der Waals surface area (Å²) in [6.07, 6.45) is 2.41. The summed E-state index contributed by atoms with van der Waals surface area (Å²) in [6.45, 7) is 3.74. The molecular formula is C14H19N3O2S2. The minimum absolute atomic E-state index is 0.156. The van der Waals surface area contributed by atoms with Crippen molar-refractivity contribution in [1.29, 1.82) is 0 Å². The maximum Gasteiger partial charge on any atom is 0.241 e. The van der Waals surface area contributed by atoms with Crippen molar-refractivity contribution in [3.8, 4) is 0 Å². The molecule has 0 bridgehead atoms. The van der Waals surface area contributed by atoms with E-state index in [1.54, 1.807) is 31.3 Å². The van der Waals surface area contributed by atoms with Crippen molar-refractivity contribution in [2.45, 2.75) is 37.2 Å². The van der Waals surface area contributed by atoms with Gasteiger partial charge in [0.1, 0.15) is 5.01 Å². The van der Waals surface area contributed by atoms with Crippen LogP contribution in [0.1, 0.15) is 42.9 Å². The number of aromatic nitrogens is 1. The Morgan fingerprint density at radius 3 is 2.81 bits per heavy atom. The summed E-state index contributed by atoms with van der Waals surface area (Å²) in [6, 6.07) is 6.24. The van der Waals surface area contributed by atoms with Gasteiger partial charge in [-0.25, -0.2) is 18.1 Å². The van der Waals surface area contributed by atoms with Crippen molar-refractivity contribution in [3.05, 3.63) is 46.4 Å². The summed E-state index contributed by atoms with van der Waals surface area (Å²) in [5.74, 6) is 0. The Kier molecular flexibility index (Phi) is 5.10. The van der Waals surface area contributed by atoms with Gasteiger partial charge in [-0.3, -0.25) is 0 Å². The van der Waals surface area contributed by atoms with Crippen LogP contribution in [0.4, 0.5) is 0 Å². The SMILES string of the molecule is CCC(N)c1cccc(S(=O)(=O)NC(C)c2nccs2)c1. The Balaban J connectivity index is 2.23. The molecule has 1 aromatic carbocycles. The molecule has 0 fully saturated rings. The van der Waals surface area contributed by atoms with Crippen LogP contribution in [-0.4, -0.2) is 13.4 Å². The van der Waals surface area contributed by atoms with Crippen LogP contribution in [0.5, 0.6) is 0 Å². The second kappa shape index (κ2) is 6.65. The third-order valence-corrected chi connectivity index (χ3v) is 5.69. The highest BCUT2D eigenvalue weighted by molar-refractivity contribution is 7.89. The van der Waals surface area contributed by atoms with Gasteiger partial charge >= 0.3 is 0 Å². The normalized spacial score (nSPS) is 14.8. The highest BCUT2D eigenvalue weighted by atomic mass is 32.2. The van der Waals surface area contributed by atoms with Crippen molar-refractivity contribution in [3.63, 3.8) is 0 Å². The fraction of sp³-hybridized carbons (Fsp3) is 0.357. The Morgan fingerprint density at radius 1 is 1.43 bits per heavy atom. The Labute approximate surface area is 129 Å². The molecule has 0 radical (unpaired) electrons. The van der Waals surface area contributed by atoms with E-state index in [1.165, 1.54) is 11.3 Å². The van der Waals surface area contributed by atoms with E-state index in [4.69, 9.17) is 5.73 Å². The van der Waals surface area contributed by atoms with Gasteiger partial charge in [0, 0.05) is 17.6 Å². The molecule has 1 heterocycles. The lowest BCUT2D eigenvalue weighted by Crippen LogP contribution is -2.27. The van der Waals surface area contributed by atoms with E-state index < -0.39 is 10.0 Å². The smallest absolute Gasteiger partial charge is 0.241 e. The monoisotopic (exact) mass is 325 g/mol. The van der Waals surface area contributed by atoms with E-state index in [0.717, 1.165) is 17.0 Å². The van der Waals surface area contributed by atoms with Crippen molar-refractivity contribution in [1.82, 2.24) is 9.71 Å². The van der Waals surface area contributed by atoms with Crippen LogP contribution in [0.3, 0.4) is 0 Å². The Hall–Kier alpha value is -1.28. The van der Waals surface area contributed by atoms with Gasteiger partial charge in [0.25, 0.3) is 0 Å². The minimum Gasteiger partial charge on any atom is -0.324 e. The maximum atomic E-state index is 12.4. The summed E-state index contributed by atoms with van der Waals surface area (Å²) < 4.78 is 27.5. The van der Waals surface area contributed by atoms with Gasteiger partial charge in [0.15, 0.2) is 0 Å². The summed E-state index contributed by atoms with van der Waals surface area (Å²) >= 11 is 1.42.